The number of hydrogen-bond donors (Lipinski definition) is 1. The average Bonchev–Trinajstić information content (AvgIpc) is 2.25. The number of nitrogens with zero attached hydrogens (tertiary/aromatic N) is 1. The minimum Gasteiger partial charge on any atom is -0.496 e. The third-order valence-corrected chi connectivity index (χ3v) is 2.84. The van der Waals surface area contributed by atoms with Gasteiger partial charge in [-0.15, -0.1) is 0 Å². The number of hydrogen-bond acceptors (Lipinski definition) is 3. The zero-order chi connectivity index (χ0) is 11.3. The van der Waals surface area contributed by atoms with Crippen molar-refractivity contribution in [3.05, 3.63) is 28.2 Å². The number of rotatable bonds is 4. The molecule has 1 rings (SSSR count). The molecule has 0 heterocycles. The maximum Gasteiger partial charge on any atom is 0.133 e. The second kappa shape index (κ2) is 5.74. The monoisotopic (exact) mass is 268 g/mol. The lowest BCUT2D eigenvalue weighted by molar-refractivity contribution is 0.411. The predicted molar refractivity (Wildman–Crippen MR) is 62.7 cm³/mol. The van der Waals surface area contributed by atoms with Gasteiger partial charge in [0.15, 0.2) is 0 Å². The van der Waals surface area contributed by atoms with Crippen LogP contribution in [0.1, 0.15) is 18.0 Å². The number of nitrogens with one attached hydrogen (secondary N) is 1. The summed E-state index contributed by atoms with van der Waals surface area (Å²) in [4.78, 5) is 0. The van der Waals surface area contributed by atoms with Crippen molar-refractivity contribution < 1.29 is 4.74 Å². The van der Waals surface area contributed by atoms with Crippen molar-refractivity contribution in [2.45, 2.75) is 12.5 Å². The Morgan fingerprint density at radius 3 is 2.80 bits per heavy atom. The first-order valence-electron chi connectivity index (χ1n) is 4.60. The van der Waals surface area contributed by atoms with Crippen molar-refractivity contribution >= 4 is 15.9 Å². The lowest BCUT2D eigenvalue weighted by Gasteiger charge is -2.14. The van der Waals surface area contributed by atoms with E-state index in [0.717, 1.165) is 15.8 Å². The highest BCUT2D eigenvalue weighted by atomic mass is 79.9. The van der Waals surface area contributed by atoms with Gasteiger partial charge >= 0.3 is 0 Å². The molecule has 0 saturated heterocycles. The Morgan fingerprint density at radius 2 is 2.33 bits per heavy atom. The van der Waals surface area contributed by atoms with Gasteiger partial charge in [-0.25, -0.2) is 0 Å². The number of ether oxygens (including phenoxy) is 1. The van der Waals surface area contributed by atoms with E-state index in [4.69, 9.17) is 10.00 Å². The minimum absolute atomic E-state index is 0.0669. The lowest BCUT2D eigenvalue weighted by atomic mass is 10.0. The van der Waals surface area contributed by atoms with Crippen LogP contribution < -0.4 is 10.1 Å². The van der Waals surface area contributed by atoms with E-state index in [1.807, 2.05) is 25.2 Å². The first-order valence-corrected chi connectivity index (χ1v) is 5.40. The molecule has 0 bridgehead atoms. The molecule has 3 nitrogen and oxygen atoms in total. The van der Waals surface area contributed by atoms with E-state index < -0.39 is 0 Å². The zero-order valence-corrected chi connectivity index (χ0v) is 10.3. The third kappa shape index (κ3) is 2.95. The van der Waals surface area contributed by atoms with Crippen LogP contribution in [0.5, 0.6) is 5.75 Å². The molecule has 1 N–H and O–H groups in total. The van der Waals surface area contributed by atoms with Crippen molar-refractivity contribution in [2.24, 2.45) is 0 Å². The Hall–Kier alpha value is -1.05. The Labute approximate surface area is 98.2 Å². The fourth-order valence-electron chi connectivity index (χ4n) is 1.38. The van der Waals surface area contributed by atoms with Gasteiger partial charge in [0.05, 0.1) is 24.1 Å². The summed E-state index contributed by atoms with van der Waals surface area (Å²) in [5.41, 5.74) is 1.08. The van der Waals surface area contributed by atoms with E-state index in [0.29, 0.717) is 6.42 Å². The van der Waals surface area contributed by atoms with Gasteiger partial charge in [0, 0.05) is 6.04 Å². The number of halogens is 1. The molecule has 0 aromatic heterocycles. The molecule has 4 heteroatoms. The summed E-state index contributed by atoms with van der Waals surface area (Å²) < 4.78 is 6.04. The summed E-state index contributed by atoms with van der Waals surface area (Å²) in [6.07, 6.45) is 0.454. The molecule has 0 amide bonds. The van der Waals surface area contributed by atoms with Gasteiger partial charge in [-0.1, -0.05) is 6.07 Å². The molecular formula is C11H13BrN2O. The van der Waals surface area contributed by atoms with Crippen LogP contribution in [-0.4, -0.2) is 14.2 Å². The Morgan fingerprint density at radius 1 is 1.60 bits per heavy atom. The van der Waals surface area contributed by atoms with Gasteiger partial charge in [0.25, 0.3) is 0 Å². The van der Waals surface area contributed by atoms with Crippen LogP contribution in [-0.2, 0) is 0 Å². The second-order valence-electron chi connectivity index (χ2n) is 3.10. The van der Waals surface area contributed by atoms with Crippen LogP contribution in [0, 0.1) is 11.3 Å². The Bertz CT molecular complexity index is 373. The smallest absolute Gasteiger partial charge is 0.133 e. The molecule has 1 unspecified atom stereocenters. The number of benzene rings is 1. The number of methoxy groups -OCH3 is 1. The van der Waals surface area contributed by atoms with Crippen LogP contribution in [0.3, 0.4) is 0 Å². The van der Waals surface area contributed by atoms with Crippen LogP contribution in [0.15, 0.2) is 22.7 Å². The van der Waals surface area contributed by atoms with E-state index in [1.165, 1.54) is 0 Å². The topological polar surface area (TPSA) is 45.0 Å². The van der Waals surface area contributed by atoms with Crippen molar-refractivity contribution in [1.82, 2.24) is 5.32 Å². The highest BCUT2D eigenvalue weighted by molar-refractivity contribution is 9.10. The van der Waals surface area contributed by atoms with E-state index in [2.05, 4.69) is 27.3 Å². The van der Waals surface area contributed by atoms with E-state index in [-0.39, 0.29) is 6.04 Å². The molecule has 80 valence electrons. The van der Waals surface area contributed by atoms with Gasteiger partial charge in [0.2, 0.25) is 0 Å². The molecule has 0 saturated carbocycles. The molecule has 0 fully saturated rings. The number of nitriles is 1. The highest BCUT2D eigenvalue weighted by Gasteiger charge is 2.10. The lowest BCUT2D eigenvalue weighted by Crippen LogP contribution is -2.15. The summed E-state index contributed by atoms with van der Waals surface area (Å²) in [5, 5.41) is 11.8. The van der Waals surface area contributed by atoms with Gasteiger partial charge in [-0.2, -0.15) is 5.26 Å². The molecular weight excluding hydrogens is 256 g/mol. The van der Waals surface area contributed by atoms with Crippen LogP contribution >= 0.6 is 15.9 Å². The van der Waals surface area contributed by atoms with Crippen molar-refractivity contribution in [3.8, 4) is 11.8 Å². The molecule has 0 aliphatic rings. The maximum absolute atomic E-state index is 8.67. The first-order chi connectivity index (χ1) is 7.22. The molecule has 0 spiro atoms. The minimum atomic E-state index is 0.0669. The standard InChI is InChI=1S/C11H13BrN2O/c1-14-10(5-6-13)8-3-4-11(15-2)9(12)7-8/h3-4,7,10,14H,5H2,1-2H3. The predicted octanol–water partition coefficient (Wildman–Crippen LogP) is 2.63. The van der Waals surface area contributed by atoms with Gasteiger partial charge in [-0.05, 0) is 40.7 Å². The van der Waals surface area contributed by atoms with Crippen molar-refractivity contribution in [2.75, 3.05) is 14.2 Å². The van der Waals surface area contributed by atoms with E-state index in [9.17, 15) is 0 Å². The van der Waals surface area contributed by atoms with E-state index >= 15 is 0 Å². The molecule has 1 atom stereocenters. The molecule has 0 aliphatic heterocycles. The van der Waals surface area contributed by atoms with Crippen LogP contribution in [0.4, 0.5) is 0 Å². The fourth-order valence-corrected chi connectivity index (χ4v) is 1.94. The third-order valence-electron chi connectivity index (χ3n) is 2.22. The normalized spacial score (nSPS) is 11.9. The molecule has 1 aromatic rings. The van der Waals surface area contributed by atoms with E-state index in [1.54, 1.807) is 7.11 Å². The summed E-state index contributed by atoms with van der Waals surface area (Å²) in [5.74, 6) is 0.797. The fraction of sp³-hybridized carbons (Fsp3) is 0.364. The molecule has 0 aliphatic carbocycles. The van der Waals surface area contributed by atoms with Crippen molar-refractivity contribution in [3.63, 3.8) is 0 Å². The summed E-state index contributed by atoms with van der Waals surface area (Å²) in [6.45, 7) is 0. The Kier molecular flexibility index (Phi) is 4.60. The zero-order valence-electron chi connectivity index (χ0n) is 8.75. The first kappa shape index (κ1) is 12.0. The van der Waals surface area contributed by atoms with Gasteiger partial charge in [-0.3, -0.25) is 0 Å². The second-order valence-corrected chi connectivity index (χ2v) is 3.95. The van der Waals surface area contributed by atoms with Crippen LogP contribution in [0.25, 0.3) is 0 Å². The quantitative estimate of drug-likeness (QED) is 0.913. The summed E-state index contributed by atoms with van der Waals surface area (Å²) >= 11 is 3.42. The Balaban J connectivity index is 2.95. The molecule has 0 radical (unpaired) electrons. The SMILES string of the molecule is CNC(CC#N)c1ccc(OC)c(Br)c1. The summed E-state index contributed by atoms with van der Waals surface area (Å²) in [6, 6.07) is 8.04. The van der Waals surface area contributed by atoms with Gasteiger partial charge < -0.3 is 10.1 Å². The maximum atomic E-state index is 8.67. The molecule has 15 heavy (non-hydrogen) atoms. The average molecular weight is 269 g/mol. The highest BCUT2D eigenvalue weighted by Crippen LogP contribution is 2.28. The summed E-state index contributed by atoms with van der Waals surface area (Å²) in [7, 11) is 3.48. The van der Waals surface area contributed by atoms with Gasteiger partial charge in [0.1, 0.15) is 5.75 Å². The van der Waals surface area contributed by atoms with Crippen LogP contribution in [0.2, 0.25) is 0 Å². The van der Waals surface area contributed by atoms with Crippen molar-refractivity contribution in [1.29, 1.82) is 5.26 Å². The molecule has 1 aromatic carbocycles. The largest absolute Gasteiger partial charge is 0.496 e.